The highest BCUT2D eigenvalue weighted by atomic mass is 32.2. The molecule has 0 radical (unpaired) electrons. The van der Waals surface area contributed by atoms with Gasteiger partial charge >= 0.3 is 10.1 Å². The number of hydrogen-bond acceptors (Lipinski definition) is 8. The van der Waals surface area contributed by atoms with Gasteiger partial charge in [0.05, 0.1) is 12.4 Å². The first-order valence-electron chi connectivity index (χ1n) is 10.8. The summed E-state index contributed by atoms with van der Waals surface area (Å²) in [6.45, 7) is 8.06. The number of aliphatic hydroxyl groups is 1. The van der Waals surface area contributed by atoms with Crippen LogP contribution < -0.4 is 9.50 Å². The number of aromatic nitrogens is 3. The van der Waals surface area contributed by atoms with Gasteiger partial charge in [-0.2, -0.15) is 13.4 Å². The monoisotopic (exact) mass is 471 g/mol. The topological polar surface area (TPSA) is 110 Å². The van der Waals surface area contributed by atoms with Gasteiger partial charge in [0.1, 0.15) is 11.6 Å². The Morgan fingerprint density at radius 1 is 1.18 bits per heavy atom. The van der Waals surface area contributed by atoms with Crippen LogP contribution in [0.5, 0.6) is 5.75 Å². The molecule has 10 heteroatoms. The van der Waals surface area contributed by atoms with Crippen molar-refractivity contribution in [3.8, 4) is 11.6 Å². The van der Waals surface area contributed by atoms with Gasteiger partial charge in [-0.25, -0.2) is 4.98 Å². The molecule has 1 atom stereocenters. The van der Waals surface area contributed by atoms with E-state index in [4.69, 9.17) is 4.18 Å². The molecule has 33 heavy (non-hydrogen) atoms. The molecule has 0 saturated carbocycles. The number of aliphatic hydroxyl groups excluding tert-OH is 1. The van der Waals surface area contributed by atoms with E-state index in [-0.39, 0.29) is 6.10 Å². The van der Waals surface area contributed by atoms with Crippen LogP contribution in [0.2, 0.25) is 0 Å². The standard InChI is InChI=1S/C23H29N5O4S/c1-15-9-19(10-16(2)22(15)32-33(4,30)31)25-23-24-7-5-21(26-23)28-11-17(3)18(13-28)12-27-8-6-20(29)14-27/h5,7,9-11,13,20,29H,6,8,12,14H2,1-4H3,(H,24,25,26)/t20-/m1/s1. The van der Waals surface area contributed by atoms with Crippen LogP contribution in [-0.2, 0) is 16.7 Å². The number of aryl methyl sites for hydroxylation is 3. The van der Waals surface area contributed by atoms with Crippen LogP contribution in [-0.4, -0.2) is 58.4 Å². The van der Waals surface area contributed by atoms with Crippen LogP contribution >= 0.6 is 0 Å². The van der Waals surface area contributed by atoms with Crippen LogP contribution in [0.25, 0.3) is 5.82 Å². The van der Waals surface area contributed by atoms with Crippen molar-refractivity contribution in [2.45, 2.75) is 39.8 Å². The quantitative estimate of drug-likeness (QED) is 0.506. The molecule has 1 saturated heterocycles. The number of anilines is 2. The van der Waals surface area contributed by atoms with Gasteiger partial charge in [-0.1, -0.05) is 0 Å². The largest absolute Gasteiger partial charge is 0.392 e. The smallest absolute Gasteiger partial charge is 0.306 e. The fourth-order valence-corrected chi connectivity index (χ4v) is 4.65. The molecule has 1 aliphatic heterocycles. The maximum absolute atomic E-state index is 11.5. The van der Waals surface area contributed by atoms with Crippen molar-refractivity contribution in [2.75, 3.05) is 24.7 Å². The molecule has 0 amide bonds. The Bertz CT molecular complexity index is 1250. The SMILES string of the molecule is Cc1cn(-c2ccnc(Nc3cc(C)c(OS(C)(=O)=O)c(C)c3)n2)cc1CN1CC[C@@H](O)C1. The number of hydrogen-bond donors (Lipinski definition) is 2. The Hall–Kier alpha value is -2.95. The third kappa shape index (κ3) is 5.70. The molecule has 3 aromatic rings. The molecular formula is C23H29N5O4S. The minimum atomic E-state index is -3.61. The summed E-state index contributed by atoms with van der Waals surface area (Å²) in [6.07, 6.45) is 7.41. The van der Waals surface area contributed by atoms with Crippen LogP contribution in [0.3, 0.4) is 0 Å². The van der Waals surface area contributed by atoms with E-state index in [1.165, 1.54) is 5.56 Å². The molecule has 0 unspecified atom stereocenters. The van der Waals surface area contributed by atoms with Gasteiger partial charge < -0.3 is 19.2 Å². The molecule has 2 aromatic heterocycles. The fourth-order valence-electron chi connectivity index (χ4n) is 4.08. The maximum Gasteiger partial charge on any atom is 0.306 e. The van der Waals surface area contributed by atoms with Crippen molar-refractivity contribution in [3.63, 3.8) is 0 Å². The predicted octanol–water partition coefficient (Wildman–Crippen LogP) is 2.84. The van der Waals surface area contributed by atoms with Gasteiger partial charge in [-0.15, -0.1) is 0 Å². The summed E-state index contributed by atoms with van der Waals surface area (Å²) in [5.74, 6) is 1.49. The first-order valence-corrected chi connectivity index (χ1v) is 12.6. The van der Waals surface area contributed by atoms with E-state index in [0.29, 0.717) is 29.4 Å². The summed E-state index contributed by atoms with van der Waals surface area (Å²) in [7, 11) is -3.61. The zero-order valence-electron chi connectivity index (χ0n) is 19.2. The van der Waals surface area contributed by atoms with Crippen LogP contribution in [0.15, 0.2) is 36.8 Å². The first-order chi connectivity index (χ1) is 15.6. The Kier molecular flexibility index (Phi) is 6.42. The second-order valence-corrected chi connectivity index (χ2v) is 10.2. The Morgan fingerprint density at radius 2 is 1.91 bits per heavy atom. The average molecular weight is 472 g/mol. The predicted molar refractivity (Wildman–Crippen MR) is 127 cm³/mol. The van der Waals surface area contributed by atoms with Crippen LogP contribution in [0, 0.1) is 20.8 Å². The Labute approximate surface area is 194 Å². The molecule has 0 aliphatic carbocycles. The van der Waals surface area contributed by atoms with Crippen molar-refractivity contribution in [3.05, 3.63) is 59.0 Å². The highest BCUT2D eigenvalue weighted by Crippen LogP contribution is 2.29. The van der Waals surface area contributed by atoms with Gasteiger partial charge in [0.2, 0.25) is 5.95 Å². The van der Waals surface area contributed by atoms with E-state index in [2.05, 4.69) is 33.3 Å². The van der Waals surface area contributed by atoms with Crippen molar-refractivity contribution in [1.82, 2.24) is 19.4 Å². The summed E-state index contributed by atoms with van der Waals surface area (Å²) < 4.78 is 30.1. The van der Waals surface area contributed by atoms with E-state index in [1.54, 1.807) is 32.2 Å². The summed E-state index contributed by atoms with van der Waals surface area (Å²) in [4.78, 5) is 11.2. The summed E-state index contributed by atoms with van der Waals surface area (Å²) in [6, 6.07) is 5.44. The average Bonchev–Trinajstić information content (AvgIpc) is 3.30. The number of β-amino-alcohol motifs (C(OH)–C–C–N with tert-alkyl or cyclic N) is 1. The van der Waals surface area contributed by atoms with Gasteiger partial charge in [0.25, 0.3) is 0 Å². The van der Waals surface area contributed by atoms with Crippen molar-refractivity contribution in [2.24, 2.45) is 0 Å². The molecule has 2 N–H and O–H groups in total. The highest BCUT2D eigenvalue weighted by Gasteiger charge is 2.21. The number of benzene rings is 1. The third-order valence-corrected chi connectivity index (χ3v) is 6.10. The number of nitrogens with zero attached hydrogens (tertiary/aromatic N) is 4. The zero-order chi connectivity index (χ0) is 23.8. The highest BCUT2D eigenvalue weighted by molar-refractivity contribution is 7.86. The fraction of sp³-hybridized carbons (Fsp3) is 0.391. The lowest BCUT2D eigenvalue weighted by atomic mass is 10.1. The van der Waals surface area contributed by atoms with Crippen LogP contribution in [0.1, 0.15) is 28.7 Å². The molecule has 3 heterocycles. The van der Waals surface area contributed by atoms with Crippen LogP contribution in [0.4, 0.5) is 11.6 Å². The van der Waals surface area contributed by atoms with Gasteiger partial charge in [-0.05, 0) is 67.6 Å². The first kappa shape index (κ1) is 23.2. The van der Waals surface area contributed by atoms with Crippen molar-refractivity contribution >= 4 is 21.8 Å². The molecule has 176 valence electrons. The maximum atomic E-state index is 11.5. The molecule has 0 bridgehead atoms. The number of likely N-dealkylation sites (tertiary alicyclic amines) is 1. The lowest BCUT2D eigenvalue weighted by molar-refractivity contribution is 0.174. The molecule has 1 aromatic carbocycles. The Balaban J connectivity index is 1.53. The summed E-state index contributed by atoms with van der Waals surface area (Å²) in [5, 5.41) is 13.0. The lowest BCUT2D eigenvalue weighted by Crippen LogP contribution is -2.21. The van der Waals surface area contributed by atoms with Gasteiger partial charge in [0.15, 0.2) is 0 Å². The van der Waals surface area contributed by atoms with E-state index in [9.17, 15) is 13.5 Å². The second kappa shape index (κ2) is 9.12. The number of nitrogens with one attached hydrogen (secondary N) is 1. The van der Waals surface area contributed by atoms with E-state index in [0.717, 1.165) is 42.8 Å². The van der Waals surface area contributed by atoms with Gasteiger partial charge in [-0.3, -0.25) is 4.90 Å². The second-order valence-electron chi connectivity index (χ2n) is 8.64. The minimum Gasteiger partial charge on any atom is -0.392 e. The van der Waals surface area contributed by atoms with E-state index >= 15 is 0 Å². The van der Waals surface area contributed by atoms with E-state index < -0.39 is 10.1 Å². The molecular weight excluding hydrogens is 442 g/mol. The Morgan fingerprint density at radius 3 is 2.55 bits per heavy atom. The molecule has 9 nitrogen and oxygen atoms in total. The van der Waals surface area contributed by atoms with Crippen molar-refractivity contribution < 1.29 is 17.7 Å². The lowest BCUT2D eigenvalue weighted by Gasteiger charge is -2.14. The molecule has 1 aliphatic rings. The third-order valence-electron chi connectivity index (χ3n) is 5.63. The molecule has 1 fully saturated rings. The summed E-state index contributed by atoms with van der Waals surface area (Å²) >= 11 is 0. The van der Waals surface area contributed by atoms with E-state index in [1.807, 2.05) is 16.8 Å². The zero-order valence-corrected chi connectivity index (χ0v) is 20.1. The van der Waals surface area contributed by atoms with Gasteiger partial charge in [0, 0.05) is 43.9 Å². The number of rotatable bonds is 7. The molecule has 0 spiro atoms. The minimum absolute atomic E-state index is 0.234. The summed E-state index contributed by atoms with van der Waals surface area (Å²) in [5.41, 5.74) is 4.48. The normalized spacial score (nSPS) is 16.8. The molecule has 4 rings (SSSR count). The van der Waals surface area contributed by atoms with Crippen molar-refractivity contribution in [1.29, 1.82) is 0 Å².